The monoisotopic (exact) mass is 330 g/mol. The molecule has 0 spiro atoms. The highest BCUT2D eigenvalue weighted by molar-refractivity contribution is 5.91. The van der Waals surface area contributed by atoms with Crippen molar-refractivity contribution >= 4 is 11.7 Å². The molecule has 2 aromatic rings. The van der Waals surface area contributed by atoms with Gasteiger partial charge in [0.05, 0.1) is 19.1 Å². The molecule has 0 radical (unpaired) electrons. The Morgan fingerprint density at radius 2 is 2.25 bits per heavy atom. The topological polar surface area (TPSA) is 74.9 Å². The number of benzene rings is 1. The summed E-state index contributed by atoms with van der Waals surface area (Å²) in [5.41, 5.74) is 0.641. The molecular formula is C18H22N2O4. The van der Waals surface area contributed by atoms with Gasteiger partial charge in [0.2, 0.25) is 0 Å². The van der Waals surface area contributed by atoms with Crippen molar-refractivity contribution < 1.29 is 19.1 Å². The molecule has 24 heavy (non-hydrogen) atoms. The molecule has 1 saturated heterocycles. The molecule has 1 aromatic carbocycles. The zero-order valence-corrected chi connectivity index (χ0v) is 13.6. The van der Waals surface area contributed by atoms with Gasteiger partial charge in [-0.2, -0.15) is 0 Å². The normalized spacial score (nSPS) is 18.4. The third kappa shape index (κ3) is 3.54. The first-order chi connectivity index (χ1) is 11.7. The average molecular weight is 330 g/mol. The first-order valence-electron chi connectivity index (χ1n) is 8.11. The summed E-state index contributed by atoms with van der Waals surface area (Å²) in [6, 6.07) is 10.6. The number of rotatable bonds is 5. The number of hydrogen-bond acceptors (Lipinski definition) is 4. The number of aliphatic hydroxyl groups is 1. The fourth-order valence-electron chi connectivity index (χ4n) is 3.14. The number of nitrogens with one attached hydrogen (secondary N) is 1. The summed E-state index contributed by atoms with van der Waals surface area (Å²) in [6.07, 6.45) is 3.10. The van der Waals surface area contributed by atoms with Crippen molar-refractivity contribution in [1.29, 1.82) is 0 Å². The molecule has 0 saturated carbocycles. The fraction of sp³-hybridized carbons (Fsp3) is 0.389. The highest BCUT2D eigenvalue weighted by Gasteiger charge is 2.31. The predicted molar refractivity (Wildman–Crippen MR) is 90.0 cm³/mol. The lowest BCUT2D eigenvalue weighted by Crippen LogP contribution is -2.39. The van der Waals surface area contributed by atoms with Crippen molar-refractivity contribution in [3.8, 4) is 5.75 Å². The van der Waals surface area contributed by atoms with E-state index < -0.39 is 6.10 Å². The highest BCUT2D eigenvalue weighted by atomic mass is 16.5. The van der Waals surface area contributed by atoms with E-state index >= 15 is 0 Å². The van der Waals surface area contributed by atoms with Gasteiger partial charge in [0, 0.05) is 19.0 Å². The van der Waals surface area contributed by atoms with E-state index in [1.54, 1.807) is 42.5 Å². The number of urea groups is 1. The van der Waals surface area contributed by atoms with Crippen LogP contribution in [0.1, 0.15) is 31.1 Å². The van der Waals surface area contributed by atoms with E-state index in [0.29, 0.717) is 30.2 Å². The van der Waals surface area contributed by atoms with Gasteiger partial charge in [-0.15, -0.1) is 0 Å². The maximum absolute atomic E-state index is 12.6. The molecule has 6 heteroatoms. The number of carbonyl (C=O) groups is 1. The number of aliphatic hydroxyl groups excluding tert-OH is 1. The zero-order valence-electron chi connectivity index (χ0n) is 13.6. The number of anilines is 1. The van der Waals surface area contributed by atoms with Gasteiger partial charge in [-0.05, 0) is 37.1 Å². The molecule has 2 atom stereocenters. The van der Waals surface area contributed by atoms with Crippen LogP contribution in [0.5, 0.6) is 5.75 Å². The molecule has 1 fully saturated rings. The van der Waals surface area contributed by atoms with Crippen LogP contribution in [0.15, 0.2) is 47.1 Å². The Bertz CT molecular complexity index is 671. The molecule has 3 rings (SSSR count). The molecule has 128 valence electrons. The molecule has 6 nitrogen and oxygen atoms in total. The third-order valence-electron chi connectivity index (χ3n) is 4.35. The molecule has 0 aliphatic carbocycles. The van der Waals surface area contributed by atoms with E-state index in [2.05, 4.69) is 5.32 Å². The first kappa shape index (κ1) is 16.4. The molecule has 0 bridgehead atoms. The summed E-state index contributed by atoms with van der Waals surface area (Å²) in [5, 5.41) is 13.2. The largest absolute Gasteiger partial charge is 0.495 e. The molecule has 2 N–H and O–H groups in total. The number of para-hydroxylation sites is 2. The number of amides is 2. The maximum Gasteiger partial charge on any atom is 0.322 e. The minimum Gasteiger partial charge on any atom is -0.495 e. The second kappa shape index (κ2) is 7.40. The van der Waals surface area contributed by atoms with Crippen molar-refractivity contribution in [2.75, 3.05) is 19.0 Å². The van der Waals surface area contributed by atoms with Crippen LogP contribution in [0.2, 0.25) is 0 Å². The van der Waals surface area contributed by atoms with Crippen molar-refractivity contribution in [2.45, 2.75) is 31.4 Å². The quantitative estimate of drug-likeness (QED) is 0.881. The molecule has 1 aliphatic heterocycles. The van der Waals surface area contributed by atoms with Crippen LogP contribution in [0, 0.1) is 0 Å². The molecule has 2 amide bonds. The SMILES string of the molecule is COc1ccccc1NC(=O)N1CCCC1CC(O)c1ccco1. The summed E-state index contributed by atoms with van der Waals surface area (Å²) < 4.78 is 10.5. The van der Waals surface area contributed by atoms with Gasteiger partial charge in [-0.3, -0.25) is 0 Å². The predicted octanol–water partition coefficient (Wildman–Crippen LogP) is 3.41. The standard InChI is InChI=1S/C18H22N2O4/c1-23-16-8-3-2-7-14(16)19-18(22)20-10-4-6-13(20)12-15(21)17-9-5-11-24-17/h2-3,5,7-9,11,13,15,21H,4,6,10,12H2,1H3,(H,19,22). The molecule has 1 aliphatic rings. The van der Waals surface area contributed by atoms with Crippen molar-refractivity contribution in [3.63, 3.8) is 0 Å². The summed E-state index contributed by atoms with van der Waals surface area (Å²) in [7, 11) is 1.57. The minimum atomic E-state index is -0.704. The van der Waals surface area contributed by atoms with Gasteiger partial charge in [0.15, 0.2) is 0 Å². The molecule has 2 unspecified atom stereocenters. The van der Waals surface area contributed by atoms with Gasteiger partial charge in [0.25, 0.3) is 0 Å². The first-order valence-corrected chi connectivity index (χ1v) is 8.11. The van der Waals surface area contributed by atoms with E-state index in [1.807, 2.05) is 12.1 Å². The number of carbonyl (C=O) groups excluding carboxylic acids is 1. The number of ether oxygens (including phenoxy) is 1. The Morgan fingerprint density at radius 3 is 3.00 bits per heavy atom. The number of likely N-dealkylation sites (tertiary alicyclic amines) is 1. The summed E-state index contributed by atoms with van der Waals surface area (Å²) in [5.74, 6) is 1.16. The van der Waals surface area contributed by atoms with E-state index in [1.165, 1.54) is 0 Å². The lowest BCUT2D eigenvalue weighted by molar-refractivity contribution is 0.110. The average Bonchev–Trinajstić information content (AvgIpc) is 3.27. The van der Waals surface area contributed by atoms with Crippen LogP contribution in [0.4, 0.5) is 10.5 Å². The van der Waals surface area contributed by atoms with Crippen molar-refractivity contribution in [3.05, 3.63) is 48.4 Å². The van der Waals surface area contributed by atoms with Crippen molar-refractivity contribution in [2.24, 2.45) is 0 Å². The maximum atomic E-state index is 12.6. The van der Waals surface area contributed by atoms with E-state index in [-0.39, 0.29) is 12.1 Å². The van der Waals surface area contributed by atoms with E-state index in [4.69, 9.17) is 9.15 Å². The fourth-order valence-corrected chi connectivity index (χ4v) is 3.14. The van der Waals surface area contributed by atoms with E-state index in [0.717, 1.165) is 12.8 Å². The summed E-state index contributed by atoms with van der Waals surface area (Å²) in [6.45, 7) is 0.677. The smallest absolute Gasteiger partial charge is 0.322 e. The zero-order chi connectivity index (χ0) is 16.9. The number of furan rings is 1. The number of methoxy groups -OCH3 is 1. The Labute approximate surface area is 141 Å². The van der Waals surface area contributed by atoms with Crippen molar-refractivity contribution in [1.82, 2.24) is 4.90 Å². The van der Waals surface area contributed by atoms with Gasteiger partial charge in [-0.25, -0.2) is 4.79 Å². The lowest BCUT2D eigenvalue weighted by atomic mass is 10.1. The van der Waals surface area contributed by atoms with Gasteiger partial charge < -0.3 is 24.5 Å². The van der Waals surface area contributed by atoms with Crippen LogP contribution >= 0.6 is 0 Å². The number of hydrogen-bond donors (Lipinski definition) is 2. The molecule has 1 aromatic heterocycles. The van der Waals surface area contributed by atoms with Gasteiger partial charge in [-0.1, -0.05) is 12.1 Å². The lowest BCUT2D eigenvalue weighted by Gasteiger charge is -2.26. The third-order valence-corrected chi connectivity index (χ3v) is 4.35. The molecule has 2 heterocycles. The Morgan fingerprint density at radius 1 is 1.42 bits per heavy atom. The van der Waals surface area contributed by atoms with Gasteiger partial charge in [0.1, 0.15) is 17.6 Å². The Balaban J connectivity index is 1.65. The minimum absolute atomic E-state index is 0.0141. The Kier molecular flexibility index (Phi) is 5.05. The van der Waals surface area contributed by atoms with Crippen LogP contribution in [0.3, 0.4) is 0 Å². The summed E-state index contributed by atoms with van der Waals surface area (Å²) >= 11 is 0. The second-order valence-corrected chi connectivity index (χ2v) is 5.89. The van der Waals surface area contributed by atoms with Crippen LogP contribution in [-0.4, -0.2) is 35.7 Å². The second-order valence-electron chi connectivity index (χ2n) is 5.89. The van der Waals surface area contributed by atoms with Crippen LogP contribution < -0.4 is 10.1 Å². The Hall–Kier alpha value is -2.47. The highest BCUT2D eigenvalue weighted by Crippen LogP contribution is 2.29. The molecular weight excluding hydrogens is 308 g/mol. The summed E-state index contributed by atoms with van der Waals surface area (Å²) in [4.78, 5) is 14.4. The van der Waals surface area contributed by atoms with E-state index in [9.17, 15) is 9.90 Å². The van der Waals surface area contributed by atoms with Crippen LogP contribution in [-0.2, 0) is 0 Å². The number of nitrogens with zero attached hydrogens (tertiary/aromatic N) is 1. The van der Waals surface area contributed by atoms with Gasteiger partial charge >= 0.3 is 6.03 Å². The van der Waals surface area contributed by atoms with Crippen LogP contribution in [0.25, 0.3) is 0 Å².